The summed E-state index contributed by atoms with van der Waals surface area (Å²) in [5.74, 6) is 0.926. The highest BCUT2D eigenvalue weighted by Crippen LogP contribution is 2.19. The Balaban J connectivity index is 4.30. The molecule has 0 heterocycles. The molecule has 0 aromatic carbocycles. The van der Waals surface area contributed by atoms with E-state index in [1.807, 2.05) is 0 Å². The van der Waals surface area contributed by atoms with Gasteiger partial charge in [-0.15, -0.1) is 0 Å². The third kappa shape index (κ3) is 48.3. The summed E-state index contributed by atoms with van der Waals surface area (Å²) in [5.41, 5.74) is 0. The average Bonchev–Trinajstić information content (AvgIpc) is 3.29. The van der Waals surface area contributed by atoms with Crippen molar-refractivity contribution in [2.24, 2.45) is 11.8 Å². The lowest BCUT2D eigenvalue weighted by Gasteiger charge is -2.18. The summed E-state index contributed by atoms with van der Waals surface area (Å²) in [4.78, 5) is 38.1. The molecule has 0 saturated carbocycles. The molecule has 0 aromatic heterocycles. The summed E-state index contributed by atoms with van der Waals surface area (Å²) in [7, 11) is 0. The normalized spacial score (nSPS) is 12.9. The van der Waals surface area contributed by atoms with Crippen LogP contribution in [0.4, 0.5) is 0 Å². The minimum atomic E-state index is -0.762. The summed E-state index contributed by atoms with van der Waals surface area (Å²) in [5, 5.41) is 0. The van der Waals surface area contributed by atoms with Crippen LogP contribution >= 0.6 is 0 Å². The highest BCUT2D eigenvalue weighted by Gasteiger charge is 2.19. The van der Waals surface area contributed by atoms with Crippen molar-refractivity contribution in [2.45, 2.75) is 330 Å². The minimum Gasteiger partial charge on any atom is -0.462 e. The molecule has 0 rings (SSSR count). The van der Waals surface area contributed by atoms with Crippen molar-refractivity contribution in [1.29, 1.82) is 0 Å². The molecule has 0 N–H and O–H groups in total. The predicted molar refractivity (Wildman–Crippen MR) is 275 cm³/mol. The quantitative estimate of drug-likeness (QED) is 0.0344. The van der Waals surface area contributed by atoms with Gasteiger partial charge >= 0.3 is 17.9 Å². The van der Waals surface area contributed by atoms with Crippen molar-refractivity contribution in [3.63, 3.8) is 0 Å². The van der Waals surface area contributed by atoms with Gasteiger partial charge in [-0.3, -0.25) is 14.4 Å². The molecule has 6 heteroatoms. The van der Waals surface area contributed by atoms with Crippen LogP contribution in [0.25, 0.3) is 0 Å². The van der Waals surface area contributed by atoms with Gasteiger partial charge in [-0.05, 0) is 31.1 Å². The molecule has 0 fully saturated rings. The van der Waals surface area contributed by atoms with Gasteiger partial charge in [0.1, 0.15) is 13.2 Å². The molecule has 0 aliphatic rings. The van der Waals surface area contributed by atoms with Gasteiger partial charge in [0.25, 0.3) is 0 Å². The van der Waals surface area contributed by atoms with Gasteiger partial charge in [0, 0.05) is 19.3 Å². The zero-order chi connectivity index (χ0) is 46.8. The number of ether oxygens (including phenoxy) is 3. The van der Waals surface area contributed by atoms with Gasteiger partial charge < -0.3 is 14.2 Å². The number of esters is 3. The predicted octanol–water partition coefficient (Wildman–Crippen LogP) is 18.9. The molecular weight excluding hydrogens is 793 g/mol. The Labute approximate surface area is 399 Å². The van der Waals surface area contributed by atoms with Gasteiger partial charge in [0.2, 0.25) is 0 Å². The summed E-state index contributed by atoms with van der Waals surface area (Å²) in [6.45, 7) is 11.5. The van der Waals surface area contributed by atoms with Crippen LogP contribution in [0, 0.1) is 11.8 Å². The monoisotopic (exact) mass is 905 g/mol. The maximum Gasteiger partial charge on any atom is 0.306 e. The molecule has 0 bridgehead atoms. The molecule has 2 unspecified atom stereocenters. The Morgan fingerprint density at radius 3 is 0.812 bits per heavy atom. The van der Waals surface area contributed by atoms with Crippen LogP contribution in [-0.2, 0) is 28.6 Å². The molecule has 3 atom stereocenters. The van der Waals surface area contributed by atoms with Crippen LogP contribution in [0.2, 0.25) is 0 Å². The smallest absolute Gasteiger partial charge is 0.306 e. The number of unbranched alkanes of at least 4 members (excludes halogenated alkanes) is 35. The van der Waals surface area contributed by atoms with Crippen LogP contribution in [0.3, 0.4) is 0 Å². The molecule has 0 aromatic rings. The maximum absolute atomic E-state index is 12.8. The zero-order valence-electron chi connectivity index (χ0n) is 43.9. The fraction of sp³-hybridized carbons (Fsp3) is 0.948. The summed E-state index contributed by atoms with van der Waals surface area (Å²) < 4.78 is 16.9. The molecule has 6 nitrogen and oxygen atoms in total. The standard InChI is InChI=1S/C58H112O6/c1-6-9-10-11-12-13-14-15-19-23-30-35-40-45-50-58(61)64-55(52-63-57(60)49-44-39-34-29-25-24-27-32-37-42-47-54(5)8-3)51-62-56(59)48-43-38-33-28-22-20-17-16-18-21-26-31-36-41-46-53(4)7-2/h53-55H,6-52H2,1-5H3/t53?,54?,55-/m0/s1. The van der Waals surface area contributed by atoms with Crippen LogP contribution in [0.15, 0.2) is 0 Å². The Bertz CT molecular complexity index is 982. The van der Waals surface area contributed by atoms with Gasteiger partial charge in [0.05, 0.1) is 0 Å². The second-order valence-electron chi connectivity index (χ2n) is 20.4. The Morgan fingerprint density at radius 2 is 0.547 bits per heavy atom. The van der Waals surface area contributed by atoms with E-state index in [2.05, 4.69) is 34.6 Å². The fourth-order valence-corrected chi connectivity index (χ4v) is 8.81. The molecule has 64 heavy (non-hydrogen) atoms. The van der Waals surface area contributed by atoms with Gasteiger partial charge in [0.15, 0.2) is 6.10 Å². The van der Waals surface area contributed by atoms with Crippen molar-refractivity contribution >= 4 is 17.9 Å². The Kier molecular flexibility index (Phi) is 49.6. The first-order valence-corrected chi connectivity index (χ1v) is 28.8. The van der Waals surface area contributed by atoms with Crippen LogP contribution in [0.1, 0.15) is 324 Å². The topological polar surface area (TPSA) is 78.9 Å². The lowest BCUT2D eigenvalue weighted by molar-refractivity contribution is -0.167. The van der Waals surface area contributed by atoms with E-state index in [4.69, 9.17) is 14.2 Å². The first kappa shape index (κ1) is 62.4. The van der Waals surface area contributed by atoms with Gasteiger partial charge in [-0.1, -0.05) is 285 Å². The zero-order valence-corrected chi connectivity index (χ0v) is 43.9. The van der Waals surface area contributed by atoms with Crippen LogP contribution in [-0.4, -0.2) is 37.2 Å². The van der Waals surface area contributed by atoms with Crippen molar-refractivity contribution in [3.8, 4) is 0 Å². The molecule has 0 radical (unpaired) electrons. The summed E-state index contributed by atoms with van der Waals surface area (Å²) >= 11 is 0. The van der Waals surface area contributed by atoms with E-state index in [0.717, 1.165) is 69.6 Å². The highest BCUT2D eigenvalue weighted by molar-refractivity contribution is 5.71. The number of carbonyl (C=O) groups is 3. The Hall–Kier alpha value is -1.59. The highest BCUT2D eigenvalue weighted by atomic mass is 16.6. The number of hydrogen-bond donors (Lipinski definition) is 0. The lowest BCUT2D eigenvalue weighted by atomic mass is 9.99. The van der Waals surface area contributed by atoms with Crippen molar-refractivity contribution < 1.29 is 28.6 Å². The van der Waals surface area contributed by atoms with Gasteiger partial charge in [-0.25, -0.2) is 0 Å². The first-order chi connectivity index (χ1) is 31.3. The van der Waals surface area contributed by atoms with Crippen molar-refractivity contribution in [1.82, 2.24) is 0 Å². The lowest BCUT2D eigenvalue weighted by Crippen LogP contribution is -2.30. The van der Waals surface area contributed by atoms with E-state index in [1.165, 1.54) is 212 Å². The maximum atomic E-state index is 12.8. The number of rotatable bonds is 52. The fourth-order valence-electron chi connectivity index (χ4n) is 8.81. The van der Waals surface area contributed by atoms with Crippen LogP contribution < -0.4 is 0 Å². The van der Waals surface area contributed by atoms with E-state index in [9.17, 15) is 14.4 Å². The first-order valence-electron chi connectivity index (χ1n) is 28.8. The molecule has 0 aliphatic heterocycles. The second-order valence-corrected chi connectivity index (χ2v) is 20.4. The van der Waals surface area contributed by atoms with E-state index >= 15 is 0 Å². The van der Waals surface area contributed by atoms with Crippen LogP contribution in [0.5, 0.6) is 0 Å². The van der Waals surface area contributed by atoms with E-state index in [0.29, 0.717) is 19.3 Å². The van der Waals surface area contributed by atoms with Crippen molar-refractivity contribution in [3.05, 3.63) is 0 Å². The summed E-state index contributed by atoms with van der Waals surface area (Å²) in [6.07, 6.45) is 53.6. The van der Waals surface area contributed by atoms with Gasteiger partial charge in [-0.2, -0.15) is 0 Å². The Morgan fingerprint density at radius 1 is 0.312 bits per heavy atom. The molecule has 380 valence electrons. The van der Waals surface area contributed by atoms with E-state index < -0.39 is 6.10 Å². The number of carbonyl (C=O) groups excluding carboxylic acids is 3. The molecule has 0 amide bonds. The van der Waals surface area contributed by atoms with Crippen molar-refractivity contribution in [2.75, 3.05) is 13.2 Å². The summed E-state index contributed by atoms with van der Waals surface area (Å²) in [6, 6.07) is 0. The number of hydrogen-bond acceptors (Lipinski definition) is 6. The minimum absolute atomic E-state index is 0.0628. The average molecular weight is 906 g/mol. The third-order valence-electron chi connectivity index (χ3n) is 13.9. The largest absolute Gasteiger partial charge is 0.462 e. The molecular formula is C58H112O6. The van der Waals surface area contributed by atoms with E-state index in [-0.39, 0.29) is 31.1 Å². The second kappa shape index (κ2) is 50.8. The molecule has 0 saturated heterocycles. The molecule has 0 spiro atoms. The van der Waals surface area contributed by atoms with E-state index in [1.54, 1.807) is 0 Å². The third-order valence-corrected chi connectivity index (χ3v) is 13.9. The SMILES string of the molecule is CCCCCCCCCCCCCCCCC(=O)O[C@@H](COC(=O)CCCCCCCCCCCCCCCCC(C)CC)COC(=O)CCCCCCCCCCCCC(C)CC. The molecule has 0 aliphatic carbocycles.